The summed E-state index contributed by atoms with van der Waals surface area (Å²) in [6, 6.07) is 6.03. The number of para-hydroxylation sites is 2. The van der Waals surface area contributed by atoms with Crippen molar-refractivity contribution in [3.63, 3.8) is 0 Å². The third kappa shape index (κ3) is 2.28. The van der Waals surface area contributed by atoms with Gasteiger partial charge in [0, 0.05) is 13.1 Å². The van der Waals surface area contributed by atoms with E-state index in [2.05, 4.69) is 0 Å². The van der Waals surface area contributed by atoms with Crippen LogP contribution >= 0.6 is 0 Å². The Morgan fingerprint density at radius 1 is 1.00 bits per heavy atom. The molecule has 2 aromatic rings. The highest BCUT2D eigenvalue weighted by atomic mass is 19.4. The minimum atomic E-state index is -5.10. The quantitative estimate of drug-likeness (QED) is 0.810. The fourth-order valence-corrected chi connectivity index (χ4v) is 2.81. The maximum absolute atomic E-state index is 12.8. The highest BCUT2D eigenvalue weighted by molar-refractivity contribution is 5.93. The number of piperidine rings is 1. The summed E-state index contributed by atoms with van der Waals surface area (Å²) in [6.07, 6.45) is -2.36. The van der Waals surface area contributed by atoms with E-state index in [1.165, 1.54) is 16.8 Å². The smallest absolute Gasteiger partial charge is 0.308 e. The van der Waals surface area contributed by atoms with Crippen LogP contribution in [0.1, 0.15) is 24.1 Å². The number of carbonyl (C=O) groups is 1. The van der Waals surface area contributed by atoms with Gasteiger partial charge in [-0.25, -0.2) is 14.0 Å². The zero-order valence-electron chi connectivity index (χ0n) is 11.6. The molecule has 0 N–H and O–H groups in total. The first-order valence-corrected chi connectivity index (χ1v) is 7.00. The Balaban J connectivity index is 2.24. The zero-order valence-corrected chi connectivity index (χ0v) is 11.6. The molecule has 8 heteroatoms. The van der Waals surface area contributed by atoms with Gasteiger partial charge in [0.15, 0.2) is 0 Å². The van der Waals surface area contributed by atoms with Gasteiger partial charge >= 0.3 is 17.8 Å². The van der Waals surface area contributed by atoms with Crippen molar-refractivity contribution in [2.24, 2.45) is 0 Å². The van der Waals surface area contributed by atoms with E-state index in [9.17, 15) is 22.8 Å². The van der Waals surface area contributed by atoms with E-state index in [1.807, 2.05) is 0 Å². The lowest BCUT2D eigenvalue weighted by Gasteiger charge is -2.29. The van der Waals surface area contributed by atoms with Crippen molar-refractivity contribution in [3.05, 3.63) is 34.7 Å². The minimum Gasteiger partial charge on any atom is -0.308 e. The van der Waals surface area contributed by atoms with Crippen LogP contribution in [0.15, 0.2) is 29.1 Å². The molecule has 1 fully saturated rings. The van der Waals surface area contributed by atoms with Crippen molar-refractivity contribution < 1.29 is 18.0 Å². The molecule has 1 aliphatic heterocycles. The molecule has 1 aromatic carbocycles. The summed E-state index contributed by atoms with van der Waals surface area (Å²) in [5, 5.41) is 1.70. The van der Waals surface area contributed by atoms with Crippen LogP contribution in [0.5, 0.6) is 0 Å². The Morgan fingerprint density at radius 3 is 2.18 bits per heavy atom. The summed E-state index contributed by atoms with van der Waals surface area (Å²) < 4.78 is 39.7. The van der Waals surface area contributed by atoms with Crippen molar-refractivity contribution in [1.82, 2.24) is 9.24 Å². The molecule has 1 saturated heterocycles. The van der Waals surface area contributed by atoms with Gasteiger partial charge in [0.05, 0.1) is 11.0 Å². The Hall–Kier alpha value is -2.25. The van der Waals surface area contributed by atoms with Crippen molar-refractivity contribution in [2.75, 3.05) is 18.1 Å². The lowest BCUT2D eigenvalue weighted by Crippen LogP contribution is -2.47. The molecule has 0 aliphatic carbocycles. The number of alkyl halides is 3. The van der Waals surface area contributed by atoms with E-state index in [-0.39, 0.29) is 10.1 Å². The minimum absolute atomic E-state index is 0.0274. The molecule has 5 nitrogen and oxygen atoms in total. The van der Waals surface area contributed by atoms with Gasteiger partial charge in [-0.3, -0.25) is 4.79 Å². The first kappa shape index (κ1) is 14.7. The van der Waals surface area contributed by atoms with Crippen LogP contribution in [0.25, 0.3) is 11.0 Å². The fraction of sp³-hybridized carbons (Fsp3) is 0.429. The molecule has 0 amide bonds. The van der Waals surface area contributed by atoms with Crippen molar-refractivity contribution in [2.45, 2.75) is 25.4 Å². The summed E-state index contributed by atoms with van der Waals surface area (Å²) in [5.41, 5.74) is -0.683. The number of imidazole rings is 1. The van der Waals surface area contributed by atoms with E-state index >= 15 is 0 Å². The number of fused-ring (bicyclic) bond motifs is 1. The average molecular weight is 313 g/mol. The summed E-state index contributed by atoms with van der Waals surface area (Å²) >= 11 is 0. The summed E-state index contributed by atoms with van der Waals surface area (Å²) in [5.74, 6) is -2.16. The molecule has 0 radical (unpaired) electrons. The van der Waals surface area contributed by atoms with Gasteiger partial charge in [-0.05, 0) is 31.4 Å². The van der Waals surface area contributed by atoms with Gasteiger partial charge < -0.3 is 5.01 Å². The number of rotatable bonds is 1. The predicted octanol–water partition coefficient (Wildman–Crippen LogP) is 2.13. The largest absolute Gasteiger partial charge is 0.472 e. The molecule has 1 aromatic heterocycles. The number of aromatic nitrogens is 2. The predicted molar refractivity (Wildman–Crippen MR) is 74.7 cm³/mol. The van der Waals surface area contributed by atoms with E-state index in [0.717, 1.165) is 19.3 Å². The number of carbonyl (C=O) groups excluding carboxylic acids is 1. The molecule has 0 unspecified atom stereocenters. The molecule has 22 heavy (non-hydrogen) atoms. The Kier molecular flexibility index (Phi) is 3.46. The second kappa shape index (κ2) is 5.19. The maximum atomic E-state index is 12.8. The molecule has 0 bridgehead atoms. The summed E-state index contributed by atoms with van der Waals surface area (Å²) in [6.45, 7) is 1.16. The maximum Gasteiger partial charge on any atom is 0.472 e. The third-order valence-electron chi connectivity index (χ3n) is 3.78. The highest BCUT2D eigenvalue weighted by Crippen LogP contribution is 2.21. The van der Waals surface area contributed by atoms with Crippen LogP contribution in [0, 0.1) is 0 Å². The van der Waals surface area contributed by atoms with Gasteiger partial charge in [-0.1, -0.05) is 12.1 Å². The Labute approximate surface area is 123 Å². The van der Waals surface area contributed by atoms with Gasteiger partial charge in [0.1, 0.15) is 0 Å². The first-order valence-electron chi connectivity index (χ1n) is 7.00. The standard InChI is InChI=1S/C14H14F3N3O2/c15-14(16,17)12(21)19-10-6-2-3-7-11(10)20(13(19)22)18-8-4-1-5-9-18/h2-3,6-7H,1,4-5,8-9H2. The fourth-order valence-electron chi connectivity index (χ4n) is 2.81. The number of benzene rings is 1. The molecule has 0 atom stereocenters. The second-order valence-corrected chi connectivity index (χ2v) is 5.24. The number of halogens is 3. The van der Waals surface area contributed by atoms with E-state index in [1.54, 1.807) is 17.1 Å². The van der Waals surface area contributed by atoms with Gasteiger partial charge in [0.25, 0.3) is 0 Å². The lowest BCUT2D eigenvalue weighted by atomic mass is 10.2. The average Bonchev–Trinajstić information content (AvgIpc) is 2.78. The Morgan fingerprint density at radius 2 is 1.59 bits per heavy atom. The molecule has 118 valence electrons. The molecule has 2 heterocycles. The van der Waals surface area contributed by atoms with Crippen molar-refractivity contribution in [3.8, 4) is 0 Å². The zero-order chi connectivity index (χ0) is 15.9. The van der Waals surface area contributed by atoms with Crippen LogP contribution in [-0.4, -0.2) is 34.4 Å². The van der Waals surface area contributed by atoms with E-state index in [4.69, 9.17) is 0 Å². The van der Waals surface area contributed by atoms with E-state index < -0.39 is 17.8 Å². The summed E-state index contributed by atoms with van der Waals surface area (Å²) in [4.78, 5) is 24.0. The van der Waals surface area contributed by atoms with Gasteiger partial charge in [-0.15, -0.1) is 0 Å². The van der Waals surface area contributed by atoms with Crippen molar-refractivity contribution >= 4 is 16.9 Å². The van der Waals surface area contributed by atoms with E-state index in [0.29, 0.717) is 18.6 Å². The molecule has 0 spiro atoms. The lowest BCUT2D eigenvalue weighted by molar-refractivity contribution is -0.0946. The van der Waals surface area contributed by atoms with Gasteiger partial charge in [-0.2, -0.15) is 13.2 Å². The molecule has 3 rings (SSSR count). The molecular formula is C14H14F3N3O2. The van der Waals surface area contributed by atoms with Crippen LogP contribution in [0.3, 0.4) is 0 Å². The highest BCUT2D eigenvalue weighted by Gasteiger charge is 2.42. The molecular weight excluding hydrogens is 299 g/mol. The van der Waals surface area contributed by atoms with Crippen LogP contribution in [0.2, 0.25) is 0 Å². The second-order valence-electron chi connectivity index (χ2n) is 5.24. The topological polar surface area (TPSA) is 47.2 Å². The van der Waals surface area contributed by atoms with Crippen LogP contribution < -0.4 is 10.7 Å². The van der Waals surface area contributed by atoms with Gasteiger partial charge in [0.2, 0.25) is 0 Å². The Bertz CT molecular complexity index is 770. The monoisotopic (exact) mass is 313 g/mol. The van der Waals surface area contributed by atoms with Crippen LogP contribution in [0.4, 0.5) is 13.2 Å². The number of hydrogen-bond acceptors (Lipinski definition) is 3. The third-order valence-corrected chi connectivity index (χ3v) is 3.78. The SMILES string of the molecule is O=C(n1c(=O)n(N2CCCCC2)c2ccccc21)C(F)(F)F. The van der Waals surface area contributed by atoms with Crippen LogP contribution in [-0.2, 0) is 0 Å². The normalized spacial score (nSPS) is 16.2. The first-order chi connectivity index (χ1) is 10.4. The number of hydrogen-bond donors (Lipinski definition) is 0. The summed E-state index contributed by atoms with van der Waals surface area (Å²) in [7, 11) is 0. The van der Waals surface area contributed by atoms with Crippen molar-refractivity contribution in [1.29, 1.82) is 0 Å². The molecule has 1 aliphatic rings. The number of nitrogens with zero attached hydrogens (tertiary/aromatic N) is 3. The molecule has 0 saturated carbocycles.